The fourth-order valence-corrected chi connectivity index (χ4v) is 1.92. The Bertz CT molecular complexity index is 471. The fourth-order valence-electron chi connectivity index (χ4n) is 1.92. The van der Waals surface area contributed by atoms with Crippen LogP contribution in [-0.2, 0) is 26.6 Å². The van der Waals surface area contributed by atoms with Gasteiger partial charge in [0.25, 0.3) is 0 Å². The second-order valence-corrected chi connectivity index (χ2v) is 4.49. The van der Waals surface area contributed by atoms with Crippen LogP contribution in [0.3, 0.4) is 0 Å². The molecule has 1 N–H and O–H groups in total. The van der Waals surface area contributed by atoms with Crippen molar-refractivity contribution in [2.45, 2.75) is 32.9 Å². The van der Waals surface area contributed by atoms with E-state index in [1.54, 1.807) is 0 Å². The van der Waals surface area contributed by atoms with E-state index in [9.17, 15) is 0 Å². The molecule has 98 valence electrons. The van der Waals surface area contributed by atoms with Crippen LogP contribution < -0.4 is 5.32 Å². The molecule has 2 aromatic rings. The van der Waals surface area contributed by atoms with Gasteiger partial charge in [0.15, 0.2) is 0 Å². The Morgan fingerprint density at radius 3 is 3.00 bits per heavy atom. The number of aryl methyl sites for hydroxylation is 3. The van der Waals surface area contributed by atoms with E-state index in [4.69, 9.17) is 0 Å². The summed E-state index contributed by atoms with van der Waals surface area (Å²) in [7, 11) is 1.95. The van der Waals surface area contributed by atoms with Crippen LogP contribution >= 0.6 is 0 Å². The monoisotopic (exact) mass is 247 g/mol. The molecule has 0 fully saturated rings. The van der Waals surface area contributed by atoms with Crippen LogP contribution in [0, 0.1) is 0 Å². The van der Waals surface area contributed by atoms with Gasteiger partial charge < -0.3 is 9.88 Å². The lowest BCUT2D eigenvalue weighted by Gasteiger charge is -2.07. The Kier molecular flexibility index (Phi) is 4.52. The van der Waals surface area contributed by atoms with Crippen molar-refractivity contribution in [3.63, 3.8) is 0 Å². The molecule has 2 aromatic heterocycles. The molecule has 2 heterocycles. The number of aromatic nitrogens is 4. The Labute approximate surface area is 108 Å². The van der Waals surface area contributed by atoms with Crippen LogP contribution in [-0.4, -0.2) is 25.9 Å². The third-order valence-electron chi connectivity index (χ3n) is 2.91. The molecule has 0 atom stereocenters. The third-order valence-corrected chi connectivity index (χ3v) is 2.91. The van der Waals surface area contributed by atoms with E-state index in [1.165, 1.54) is 5.69 Å². The zero-order chi connectivity index (χ0) is 12.8. The molecule has 0 saturated carbocycles. The highest BCUT2D eigenvalue weighted by Crippen LogP contribution is 2.03. The van der Waals surface area contributed by atoms with E-state index in [0.717, 1.165) is 38.2 Å². The van der Waals surface area contributed by atoms with Gasteiger partial charge in [-0.25, -0.2) is 4.98 Å². The summed E-state index contributed by atoms with van der Waals surface area (Å²) < 4.78 is 4.03. The van der Waals surface area contributed by atoms with Crippen molar-refractivity contribution in [1.82, 2.24) is 24.6 Å². The summed E-state index contributed by atoms with van der Waals surface area (Å²) in [6.07, 6.45) is 7.90. The van der Waals surface area contributed by atoms with E-state index in [2.05, 4.69) is 33.0 Å². The molecule has 0 aromatic carbocycles. The van der Waals surface area contributed by atoms with Crippen LogP contribution in [0.2, 0.25) is 0 Å². The summed E-state index contributed by atoms with van der Waals surface area (Å²) in [5.41, 5.74) is 2.36. The molecule has 5 heteroatoms. The van der Waals surface area contributed by atoms with Gasteiger partial charge in [0.2, 0.25) is 0 Å². The molecule has 0 amide bonds. The van der Waals surface area contributed by atoms with Crippen LogP contribution in [0.15, 0.2) is 24.8 Å². The highest BCUT2D eigenvalue weighted by atomic mass is 15.2. The first-order valence-corrected chi connectivity index (χ1v) is 6.48. The molecular formula is C13H21N5. The topological polar surface area (TPSA) is 47.7 Å². The van der Waals surface area contributed by atoms with E-state index >= 15 is 0 Å². The standard InChI is InChI=1S/C13H21N5/c1-3-6-14-9-13-10-15-11-18(13)8-5-12-4-7-17(2)16-12/h4,7,10-11,14H,3,5-6,8-9H2,1-2H3. The lowest BCUT2D eigenvalue weighted by Crippen LogP contribution is -2.17. The number of rotatable bonds is 7. The zero-order valence-corrected chi connectivity index (χ0v) is 11.1. The quantitative estimate of drug-likeness (QED) is 0.752. The summed E-state index contributed by atoms with van der Waals surface area (Å²) >= 11 is 0. The summed E-state index contributed by atoms with van der Waals surface area (Å²) in [5.74, 6) is 0. The van der Waals surface area contributed by atoms with Crippen molar-refractivity contribution < 1.29 is 0 Å². The van der Waals surface area contributed by atoms with Crippen LogP contribution in [0.5, 0.6) is 0 Å². The van der Waals surface area contributed by atoms with Gasteiger partial charge in [0, 0.05) is 39.0 Å². The molecule has 18 heavy (non-hydrogen) atoms. The lowest BCUT2D eigenvalue weighted by molar-refractivity contribution is 0.597. The summed E-state index contributed by atoms with van der Waals surface area (Å²) in [6, 6.07) is 2.06. The van der Waals surface area contributed by atoms with Gasteiger partial charge in [-0.3, -0.25) is 4.68 Å². The van der Waals surface area contributed by atoms with Crippen molar-refractivity contribution in [3.8, 4) is 0 Å². The van der Waals surface area contributed by atoms with E-state index in [1.807, 2.05) is 30.5 Å². The fraction of sp³-hybridized carbons (Fsp3) is 0.538. The smallest absolute Gasteiger partial charge is 0.0948 e. The molecule has 0 aliphatic heterocycles. The van der Waals surface area contributed by atoms with Crippen molar-refractivity contribution >= 4 is 0 Å². The first kappa shape index (κ1) is 12.8. The highest BCUT2D eigenvalue weighted by Gasteiger charge is 2.03. The maximum atomic E-state index is 4.38. The summed E-state index contributed by atoms with van der Waals surface area (Å²) in [6.45, 7) is 5.03. The van der Waals surface area contributed by atoms with Gasteiger partial charge in [0.05, 0.1) is 17.7 Å². The number of nitrogens with one attached hydrogen (secondary N) is 1. The Morgan fingerprint density at radius 1 is 1.39 bits per heavy atom. The molecular weight excluding hydrogens is 226 g/mol. The number of imidazole rings is 1. The molecule has 5 nitrogen and oxygen atoms in total. The normalized spacial score (nSPS) is 11.0. The highest BCUT2D eigenvalue weighted by molar-refractivity contribution is 5.02. The average molecular weight is 247 g/mol. The van der Waals surface area contributed by atoms with E-state index < -0.39 is 0 Å². The van der Waals surface area contributed by atoms with E-state index in [0.29, 0.717) is 0 Å². The van der Waals surface area contributed by atoms with Crippen molar-refractivity contribution in [3.05, 3.63) is 36.2 Å². The first-order valence-electron chi connectivity index (χ1n) is 6.48. The van der Waals surface area contributed by atoms with Gasteiger partial charge in [-0.2, -0.15) is 5.10 Å². The minimum Gasteiger partial charge on any atom is -0.333 e. The first-order chi connectivity index (χ1) is 8.79. The predicted octanol–water partition coefficient (Wildman–Crippen LogP) is 1.36. The molecule has 0 aliphatic carbocycles. The molecule has 2 rings (SSSR count). The number of hydrogen-bond donors (Lipinski definition) is 1. The average Bonchev–Trinajstić information content (AvgIpc) is 2.96. The van der Waals surface area contributed by atoms with Gasteiger partial charge in [-0.1, -0.05) is 6.92 Å². The molecule has 0 radical (unpaired) electrons. The predicted molar refractivity (Wildman–Crippen MR) is 71.1 cm³/mol. The SMILES string of the molecule is CCCNCc1cncn1CCc1ccn(C)n1. The Balaban J connectivity index is 1.87. The second kappa shape index (κ2) is 6.35. The summed E-state index contributed by atoms with van der Waals surface area (Å²) in [4.78, 5) is 4.22. The maximum Gasteiger partial charge on any atom is 0.0948 e. The van der Waals surface area contributed by atoms with Gasteiger partial charge >= 0.3 is 0 Å². The Morgan fingerprint density at radius 2 is 2.28 bits per heavy atom. The van der Waals surface area contributed by atoms with Crippen molar-refractivity contribution in [2.75, 3.05) is 6.54 Å². The van der Waals surface area contributed by atoms with Gasteiger partial charge in [-0.05, 0) is 19.0 Å². The second-order valence-electron chi connectivity index (χ2n) is 4.49. The number of hydrogen-bond acceptors (Lipinski definition) is 3. The van der Waals surface area contributed by atoms with Crippen molar-refractivity contribution in [1.29, 1.82) is 0 Å². The third kappa shape index (κ3) is 3.43. The zero-order valence-electron chi connectivity index (χ0n) is 11.1. The molecule has 0 saturated heterocycles. The Hall–Kier alpha value is -1.62. The van der Waals surface area contributed by atoms with E-state index in [-0.39, 0.29) is 0 Å². The number of nitrogens with zero attached hydrogens (tertiary/aromatic N) is 4. The minimum absolute atomic E-state index is 0.885. The lowest BCUT2D eigenvalue weighted by atomic mass is 10.3. The largest absolute Gasteiger partial charge is 0.333 e. The maximum absolute atomic E-state index is 4.38. The van der Waals surface area contributed by atoms with Crippen molar-refractivity contribution in [2.24, 2.45) is 7.05 Å². The van der Waals surface area contributed by atoms with Crippen LogP contribution in [0.4, 0.5) is 0 Å². The molecule has 0 spiro atoms. The minimum atomic E-state index is 0.885. The van der Waals surface area contributed by atoms with Gasteiger partial charge in [-0.15, -0.1) is 0 Å². The van der Waals surface area contributed by atoms with Gasteiger partial charge in [0.1, 0.15) is 0 Å². The molecule has 0 bridgehead atoms. The van der Waals surface area contributed by atoms with Crippen LogP contribution in [0.25, 0.3) is 0 Å². The van der Waals surface area contributed by atoms with Crippen LogP contribution in [0.1, 0.15) is 24.7 Å². The molecule has 0 aliphatic rings. The summed E-state index contributed by atoms with van der Waals surface area (Å²) in [5, 5.41) is 7.78. The molecule has 0 unspecified atom stereocenters.